The van der Waals surface area contributed by atoms with Gasteiger partial charge < -0.3 is 19.3 Å². The number of unbranched alkanes of at least 4 members (excludes halogenated alkanes) is 1. The van der Waals surface area contributed by atoms with E-state index in [-0.39, 0.29) is 40.6 Å². The minimum absolute atomic E-state index is 0.0979. The van der Waals surface area contributed by atoms with Crippen LogP contribution in [0.1, 0.15) is 271 Å². The zero-order valence-electron chi connectivity index (χ0n) is 49.7. The number of carbonyl (C=O) groups is 3. The van der Waals surface area contributed by atoms with Gasteiger partial charge in [-0.05, 0) is 194 Å². The van der Waals surface area contributed by atoms with Crippen molar-refractivity contribution in [2.75, 3.05) is 0 Å². The average molecular weight is 1020 g/mol. The van der Waals surface area contributed by atoms with Crippen molar-refractivity contribution in [3.05, 3.63) is 23.5 Å². The topological polar surface area (TPSA) is 148 Å². The first-order valence-corrected chi connectivity index (χ1v) is 29.5. The maximum Gasteiger partial charge on any atom is 0.309 e. The SMILES string of the molecule is CC.CCCC1=NNC=C2CCCCC(CCC(CCCC(C)(C)C(C)(C)OC(=O)CCCCC(C)(C)C(C)(C)OC(=O)C(CCC3CCCCC4=CNN=CC4C3)CCC(C)(C)O)C(=O)OC(C)(C)C)CC21. The van der Waals surface area contributed by atoms with Gasteiger partial charge in [-0.3, -0.25) is 25.2 Å². The Morgan fingerprint density at radius 1 is 0.658 bits per heavy atom. The van der Waals surface area contributed by atoms with Gasteiger partial charge in [-0.2, -0.15) is 10.2 Å². The molecular weight excluding hydrogens is 913 g/mol. The second kappa shape index (κ2) is 29.3. The highest BCUT2D eigenvalue weighted by Crippen LogP contribution is 2.43. The second-order valence-corrected chi connectivity index (χ2v) is 26.4. The Bertz CT molecular complexity index is 1820. The molecule has 4 aliphatic rings. The summed E-state index contributed by atoms with van der Waals surface area (Å²) in [5, 5.41) is 19.7. The summed E-state index contributed by atoms with van der Waals surface area (Å²) in [5.41, 5.74) is 6.89. The van der Waals surface area contributed by atoms with Crippen molar-refractivity contribution in [2.45, 2.75) is 294 Å². The van der Waals surface area contributed by atoms with Crippen molar-refractivity contribution in [1.82, 2.24) is 10.9 Å². The molecule has 0 aromatic heterocycles. The zero-order chi connectivity index (χ0) is 54.7. The van der Waals surface area contributed by atoms with Gasteiger partial charge in [0.25, 0.3) is 0 Å². The zero-order valence-corrected chi connectivity index (χ0v) is 49.7. The first kappa shape index (κ1) is 64.1. The number of nitrogens with one attached hydrogen (secondary N) is 2. The molecule has 2 aliphatic heterocycles. The maximum absolute atomic E-state index is 14.1. The van der Waals surface area contributed by atoms with Gasteiger partial charge >= 0.3 is 17.9 Å². The van der Waals surface area contributed by atoms with E-state index in [0.717, 1.165) is 103 Å². The molecule has 3 N–H and O–H groups in total. The van der Waals surface area contributed by atoms with Crippen LogP contribution in [-0.4, -0.2) is 57.3 Å². The van der Waals surface area contributed by atoms with Crippen LogP contribution in [0.4, 0.5) is 0 Å². The molecule has 6 unspecified atom stereocenters. The number of hydrogen-bond donors (Lipinski definition) is 3. The molecule has 4 rings (SSSR count). The maximum atomic E-state index is 14.1. The van der Waals surface area contributed by atoms with Crippen LogP contribution >= 0.6 is 0 Å². The van der Waals surface area contributed by atoms with Crippen LogP contribution in [0.15, 0.2) is 33.7 Å². The number of carbonyl (C=O) groups excluding carboxylic acids is 3. The third-order valence-corrected chi connectivity index (χ3v) is 17.5. The molecule has 11 nitrogen and oxygen atoms in total. The third-order valence-electron chi connectivity index (χ3n) is 17.5. The summed E-state index contributed by atoms with van der Waals surface area (Å²) in [6.45, 7) is 32.4. The fourth-order valence-electron chi connectivity index (χ4n) is 11.2. The molecule has 2 saturated carbocycles. The van der Waals surface area contributed by atoms with Crippen molar-refractivity contribution in [1.29, 1.82) is 0 Å². The van der Waals surface area contributed by atoms with Crippen LogP contribution in [0.3, 0.4) is 0 Å². The standard InChI is InChI=1S/C60H104N4O7.C2H6/c1-15-23-51-50-39-44(25-17-19-27-48(50)41-63-64-51)31-32-45(53(66)70-55(2,3)4)28-22-36-57(7,8)59(11,12)69-52(65)29-20-21-35-56(5,6)60(13,14)71-54(67)46(34-37-58(9,10)68)33-30-43-24-16-18-26-47-40-61-62-42-49(47)38-43;1-2/h40-46,49-50,61,63,68H,15-39H2,1-14H3;1-2H3. The molecule has 0 aromatic carbocycles. The summed E-state index contributed by atoms with van der Waals surface area (Å²) >= 11 is 0. The van der Waals surface area contributed by atoms with Crippen molar-refractivity contribution >= 4 is 29.8 Å². The van der Waals surface area contributed by atoms with Gasteiger partial charge in [0.05, 0.1) is 17.4 Å². The molecule has 73 heavy (non-hydrogen) atoms. The summed E-state index contributed by atoms with van der Waals surface area (Å²) in [7, 11) is 0. The lowest BCUT2D eigenvalue weighted by atomic mass is 9.72. The Morgan fingerprint density at radius 3 is 1.81 bits per heavy atom. The Hall–Kier alpha value is -3.21. The Kier molecular flexibility index (Phi) is 25.8. The monoisotopic (exact) mass is 1020 g/mol. The molecule has 0 aromatic rings. The number of nitrogens with zero attached hydrogens (tertiary/aromatic N) is 2. The fraction of sp³-hybridized carbons (Fsp3) is 0.855. The van der Waals surface area contributed by atoms with Crippen LogP contribution in [0.5, 0.6) is 0 Å². The summed E-state index contributed by atoms with van der Waals surface area (Å²) < 4.78 is 18.8. The summed E-state index contributed by atoms with van der Waals surface area (Å²) in [5.74, 6) is 0.885. The molecular formula is C62H110N4O7. The van der Waals surface area contributed by atoms with Gasteiger partial charge in [0.2, 0.25) is 0 Å². The van der Waals surface area contributed by atoms with E-state index >= 15 is 0 Å². The van der Waals surface area contributed by atoms with E-state index in [1.165, 1.54) is 49.0 Å². The number of hydrazone groups is 2. The second-order valence-electron chi connectivity index (χ2n) is 26.4. The van der Waals surface area contributed by atoms with Crippen LogP contribution in [-0.2, 0) is 28.6 Å². The first-order chi connectivity index (χ1) is 34.1. The molecule has 0 amide bonds. The minimum Gasteiger partial charge on any atom is -0.460 e. The summed E-state index contributed by atoms with van der Waals surface area (Å²) in [4.78, 5) is 41.3. The molecule has 0 saturated heterocycles. The Balaban J connectivity index is 0.00000694. The predicted octanol–water partition coefficient (Wildman–Crippen LogP) is 15.6. The number of hydrogen-bond acceptors (Lipinski definition) is 11. The Labute approximate surface area is 446 Å². The normalized spacial score (nSPS) is 22.0. The van der Waals surface area contributed by atoms with E-state index in [1.807, 2.05) is 76.2 Å². The minimum atomic E-state index is -0.864. The quantitative estimate of drug-likeness (QED) is 0.0437. The van der Waals surface area contributed by atoms with Gasteiger partial charge in [-0.1, -0.05) is 93.4 Å². The molecule has 2 heterocycles. The number of aliphatic hydroxyl groups is 1. The lowest BCUT2D eigenvalue weighted by Gasteiger charge is -2.42. The highest BCUT2D eigenvalue weighted by Gasteiger charge is 2.43. The largest absolute Gasteiger partial charge is 0.460 e. The number of rotatable bonds is 26. The lowest BCUT2D eigenvalue weighted by molar-refractivity contribution is -0.175. The van der Waals surface area contributed by atoms with E-state index < -0.39 is 22.4 Å². The highest BCUT2D eigenvalue weighted by atomic mass is 16.6. The summed E-state index contributed by atoms with van der Waals surface area (Å²) in [6.07, 6.45) is 29.5. The van der Waals surface area contributed by atoms with Crippen LogP contribution in [0.25, 0.3) is 0 Å². The fourth-order valence-corrected chi connectivity index (χ4v) is 11.2. The van der Waals surface area contributed by atoms with E-state index in [1.54, 1.807) is 0 Å². The number of ether oxygens (including phenoxy) is 3. The van der Waals surface area contributed by atoms with E-state index in [4.69, 9.17) is 19.3 Å². The molecule has 2 aliphatic carbocycles. The van der Waals surface area contributed by atoms with Crippen molar-refractivity contribution in [2.24, 2.45) is 56.5 Å². The highest BCUT2D eigenvalue weighted by molar-refractivity contribution is 5.89. The van der Waals surface area contributed by atoms with Crippen LogP contribution in [0, 0.1) is 46.3 Å². The van der Waals surface area contributed by atoms with Crippen LogP contribution < -0.4 is 10.9 Å². The number of esters is 3. The van der Waals surface area contributed by atoms with Gasteiger partial charge in [0, 0.05) is 53.4 Å². The van der Waals surface area contributed by atoms with Gasteiger partial charge in [-0.15, -0.1) is 0 Å². The molecule has 0 spiro atoms. The first-order valence-electron chi connectivity index (χ1n) is 29.5. The summed E-state index contributed by atoms with van der Waals surface area (Å²) in [6, 6.07) is 0. The molecule has 420 valence electrons. The van der Waals surface area contributed by atoms with Gasteiger partial charge in [-0.25, -0.2) is 0 Å². The van der Waals surface area contributed by atoms with E-state index in [9.17, 15) is 19.5 Å². The molecule has 2 fully saturated rings. The number of allylic oxidation sites excluding steroid dienone is 2. The van der Waals surface area contributed by atoms with Crippen molar-refractivity contribution in [3.63, 3.8) is 0 Å². The van der Waals surface area contributed by atoms with Gasteiger partial charge in [0.15, 0.2) is 0 Å². The van der Waals surface area contributed by atoms with E-state index in [0.29, 0.717) is 49.4 Å². The predicted molar refractivity (Wildman–Crippen MR) is 302 cm³/mol. The molecule has 0 bridgehead atoms. The molecule has 6 atom stereocenters. The van der Waals surface area contributed by atoms with Crippen molar-refractivity contribution in [3.8, 4) is 0 Å². The van der Waals surface area contributed by atoms with E-state index in [2.05, 4.69) is 69.2 Å². The smallest absolute Gasteiger partial charge is 0.309 e. The Morgan fingerprint density at radius 2 is 1.21 bits per heavy atom. The molecule has 0 radical (unpaired) electrons. The average Bonchev–Trinajstić information content (AvgIpc) is 3.27. The molecule has 11 heteroatoms. The van der Waals surface area contributed by atoms with Gasteiger partial charge in [0.1, 0.15) is 16.8 Å². The van der Waals surface area contributed by atoms with Crippen LogP contribution in [0.2, 0.25) is 0 Å². The lowest BCUT2D eigenvalue weighted by Crippen LogP contribution is -2.44. The van der Waals surface area contributed by atoms with Crippen molar-refractivity contribution < 1.29 is 33.7 Å². The number of fused-ring (bicyclic) bond motifs is 2. The third kappa shape index (κ3) is 21.7.